The van der Waals surface area contributed by atoms with E-state index in [0.29, 0.717) is 17.8 Å². The first kappa shape index (κ1) is 34.9. The molecule has 0 saturated carbocycles. The van der Waals surface area contributed by atoms with Crippen LogP contribution in [-0.2, 0) is 12.3 Å². The summed E-state index contributed by atoms with van der Waals surface area (Å²) in [6.07, 6.45) is 31.0. The maximum Gasteiger partial charge on any atom is -0.00261 e. The van der Waals surface area contributed by atoms with Crippen LogP contribution in [0.1, 0.15) is 75.6 Å². The molecular weight excluding hydrogens is 675 g/mol. The molecule has 0 radical (unpaired) electrons. The molecule has 0 aromatic heterocycles. The SMILES string of the molecule is C/C=c1/ccc2c(/c1=C/C(C)C)/C(=C1\C=CC=CC1)[C@@H](C)CP(c1ccccc1P1Cc3ccc4c(c3C3=c5ccccc5=CCC3C1)=CCCC=4)C2. The summed E-state index contributed by atoms with van der Waals surface area (Å²) < 4.78 is 0. The van der Waals surface area contributed by atoms with Gasteiger partial charge in [0.2, 0.25) is 0 Å². The highest BCUT2D eigenvalue weighted by Gasteiger charge is 2.34. The molecule has 4 atom stereocenters. The van der Waals surface area contributed by atoms with Gasteiger partial charge in [0, 0.05) is 0 Å². The van der Waals surface area contributed by atoms with Gasteiger partial charge in [0.15, 0.2) is 0 Å². The van der Waals surface area contributed by atoms with Crippen LogP contribution in [0.5, 0.6) is 0 Å². The molecule has 5 aliphatic rings. The first-order valence-electron chi connectivity index (χ1n) is 20.1. The van der Waals surface area contributed by atoms with Crippen LogP contribution in [0.4, 0.5) is 0 Å². The van der Waals surface area contributed by atoms with E-state index in [1.54, 1.807) is 44.0 Å². The van der Waals surface area contributed by atoms with Crippen molar-refractivity contribution in [3.05, 3.63) is 156 Å². The molecule has 0 saturated heterocycles. The van der Waals surface area contributed by atoms with E-state index in [0.717, 1.165) is 31.8 Å². The van der Waals surface area contributed by atoms with Gasteiger partial charge >= 0.3 is 0 Å². The number of rotatable bonds is 3. The minimum Gasteiger partial charge on any atom is -0.0801 e. The Morgan fingerprint density at radius 1 is 0.717 bits per heavy atom. The van der Waals surface area contributed by atoms with Crippen molar-refractivity contribution in [1.29, 1.82) is 0 Å². The average molecular weight is 727 g/mol. The topological polar surface area (TPSA) is 0 Å². The van der Waals surface area contributed by atoms with Gasteiger partial charge in [-0.25, -0.2) is 0 Å². The Balaban J connectivity index is 1.21. The summed E-state index contributed by atoms with van der Waals surface area (Å²) in [6.45, 7) is 9.43. The summed E-state index contributed by atoms with van der Waals surface area (Å²) in [7, 11) is -0.818. The maximum absolute atomic E-state index is 2.56. The third kappa shape index (κ3) is 6.45. The second-order valence-corrected chi connectivity index (χ2v) is 20.6. The van der Waals surface area contributed by atoms with E-state index in [9.17, 15) is 0 Å². The Kier molecular flexibility index (Phi) is 9.74. The lowest BCUT2D eigenvalue weighted by molar-refractivity contribution is 0.784. The molecule has 2 heteroatoms. The third-order valence-corrected chi connectivity index (χ3v) is 17.8. The summed E-state index contributed by atoms with van der Waals surface area (Å²) >= 11 is 0. The summed E-state index contributed by atoms with van der Waals surface area (Å²) in [4.78, 5) is 0. The predicted octanol–water partition coefficient (Wildman–Crippen LogP) is 7.83. The molecular formula is C51H52P2. The van der Waals surface area contributed by atoms with Gasteiger partial charge < -0.3 is 0 Å². The molecule has 0 spiro atoms. The fourth-order valence-corrected chi connectivity index (χ4v) is 16.2. The van der Waals surface area contributed by atoms with E-state index in [-0.39, 0.29) is 0 Å². The van der Waals surface area contributed by atoms with Crippen molar-refractivity contribution in [2.24, 2.45) is 17.8 Å². The van der Waals surface area contributed by atoms with Crippen molar-refractivity contribution < 1.29 is 0 Å². The van der Waals surface area contributed by atoms with Crippen molar-refractivity contribution in [1.82, 2.24) is 0 Å². The largest absolute Gasteiger partial charge is 0.0801 e. The van der Waals surface area contributed by atoms with Crippen molar-refractivity contribution in [3.8, 4) is 0 Å². The van der Waals surface area contributed by atoms with Gasteiger partial charge in [-0.2, -0.15) is 0 Å². The van der Waals surface area contributed by atoms with E-state index >= 15 is 0 Å². The zero-order valence-corrected chi connectivity index (χ0v) is 33.7. The molecule has 266 valence electrons. The second-order valence-electron chi connectivity index (χ2n) is 16.1. The Bertz CT molecular complexity index is 2600. The highest BCUT2D eigenvalue weighted by atomic mass is 31.1. The molecule has 4 aromatic rings. The quantitative estimate of drug-likeness (QED) is 0.189. The monoisotopic (exact) mass is 726 g/mol. The number of hydrogen-bond acceptors (Lipinski definition) is 0. The Labute approximate surface area is 318 Å². The van der Waals surface area contributed by atoms with Crippen LogP contribution < -0.4 is 41.9 Å². The van der Waals surface area contributed by atoms with Crippen LogP contribution in [0.15, 0.2) is 103 Å². The summed E-state index contributed by atoms with van der Waals surface area (Å²) in [6, 6.07) is 28.9. The van der Waals surface area contributed by atoms with E-state index in [2.05, 4.69) is 155 Å². The normalized spacial score (nSPS) is 25.2. The molecule has 53 heavy (non-hydrogen) atoms. The van der Waals surface area contributed by atoms with E-state index in [1.807, 2.05) is 0 Å². The average Bonchev–Trinajstić information content (AvgIpc) is 3.46. The lowest BCUT2D eigenvalue weighted by Crippen LogP contribution is -2.38. The number of allylic oxidation sites excluding steroid dienone is 6. The van der Waals surface area contributed by atoms with Crippen molar-refractivity contribution in [2.75, 3.05) is 12.3 Å². The zero-order chi connectivity index (χ0) is 36.1. The molecule has 2 aliphatic heterocycles. The Hall–Kier alpha value is -3.82. The van der Waals surface area contributed by atoms with Gasteiger partial charge in [-0.3, -0.25) is 0 Å². The minimum absolute atomic E-state index is 0.403. The fraction of sp³-hybridized carbons (Fsp3) is 0.294. The van der Waals surface area contributed by atoms with Crippen molar-refractivity contribution in [2.45, 2.75) is 65.7 Å². The molecule has 0 bridgehead atoms. The van der Waals surface area contributed by atoms with Gasteiger partial charge in [-0.05, 0) is 156 Å². The molecule has 3 unspecified atom stereocenters. The molecule has 4 aromatic carbocycles. The van der Waals surface area contributed by atoms with Crippen LogP contribution in [0.2, 0.25) is 0 Å². The second kappa shape index (κ2) is 14.8. The fourth-order valence-electron chi connectivity index (χ4n) is 9.95. The van der Waals surface area contributed by atoms with Crippen molar-refractivity contribution in [3.63, 3.8) is 0 Å². The summed E-state index contributed by atoms with van der Waals surface area (Å²) in [5.74, 6) is 1.52. The Morgan fingerprint density at radius 3 is 2.23 bits per heavy atom. The van der Waals surface area contributed by atoms with Gasteiger partial charge in [-0.15, -0.1) is 0 Å². The molecule has 0 N–H and O–H groups in total. The number of fused-ring (bicyclic) bond motifs is 7. The predicted molar refractivity (Wildman–Crippen MR) is 235 cm³/mol. The zero-order valence-electron chi connectivity index (χ0n) is 31.9. The Morgan fingerprint density at radius 2 is 1.45 bits per heavy atom. The van der Waals surface area contributed by atoms with Crippen molar-refractivity contribution >= 4 is 68.0 Å². The van der Waals surface area contributed by atoms with E-state index in [4.69, 9.17) is 0 Å². The maximum atomic E-state index is 2.56. The molecule has 3 aliphatic carbocycles. The van der Waals surface area contributed by atoms with Crippen LogP contribution in [0.3, 0.4) is 0 Å². The van der Waals surface area contributed by atoms with Gasteiger partial charge in [0.1, 0.15) is 0 Å². The van der Waals surface area contributed by atoms with Gasteiger partial charge in [0.25, 0.3) is 0 Å². The standard InChI is InChI=1S/C51H52P2/c1-5-36-23-26-42-31-52(30-35(4)48(39-17-7-6-8-18-39)51(42)45(36)29-34(2)3)46-21-13-14-22-47(46)53-32-40-27-24-37-15-9-11-19-43(37)49(40)50-41(33-53)28-25-38-16-10-12-20-44(38)50/h5-9,11,13-17,19-26,28-29,34-35,40H,10,12,18,27,30-33H2,1-4H3/b36-5-,45-29+,48-39+/t35-,40?,52?,53?/m0/s1. The van der Waals surface area contributed by atoms with Crippen LogP contribution >= 0.6 is 15.8 Å². The summed E-state index contributed by atoms with van der Waals surface area (Å²) in [5.41, 5.74) is 11.0. The third-order valence-electron chi connectivity index (χ3n) is 12.2. The van der Waals surface area contributed by atoms with Gasteiger partial charge in [0.05, 0.1) is 0 Å². The van der Waals surface area contributed by atoms with Gasteiger partial charge in [-0.1, -0.05) is 164 Å². The van der Waals surface area contributed by atoms with Crippen LogP contribution in [0.25, 0.3) is 41.5 Å². The highest BCUT2D eigenvalue weighted by Crippen LogP contribution is 2.53. The lowest BCUT2D eigenvalue weighted by Gasteiger charge is -2.28. The summed E-state index contributed by atoms with van der Waals surface area (Å²) in [5, 5.41) is 12.1. The van der Waals surface area contributed by atoms with Crippen LogP contribution in [0, 0.1) is 17.8 Å². The molecule has 0 fully saturated rings. The molecule has 0 nitrogen and oxygen atoms in total. The highest BCUT2D eigenvalue weighted by molar-refractivity contribution is 7.71. The molecule has 0 amide bonds. The molecule has 2 heterocycles. The van der Waals surface area contributed by atoms with E-state index in [1.165, 1.54) is 55.4 Å². The molecule has 9 rings (SSSR count). The number of hydrogen-bond donors (Lipinski definition) is 0. The van der Waals surface area contributed by atoms with Crippen LogP contribution in [-0.4, -0.2) is 12.3 Å². The minimum atomic E-state index is -0.415. The first-order chi connectivity index (χ1) is 26.0. The lowest BCUT2D eigenvalue weighted by atomic mass is 9.82. The number of benzene rings is 4. The van der Waals surface area contributed by atoms with E-state index < -0.39 is 15.8 Å². The smallest absolute Gasteiger partial charge is 0.00261 e. The first-order valence-corrected chi connectivity index (χ1v) is 23.5.